The number of anilines is 1. The molecule has 3 aromatic rings. The fraction of sp³-hybridized carbons (Fsp3) is 0.158. The maximum Gasteiger partial charge on any atom is 0.260 e. The lowest BCUT2D eigenvalue weighted by Gasteiger charge is -2.12. The van der Waals surface area contributed by atoms with Crippen molar-refractivity contribution in [2.75, 3.05) is 11.9 Å². The predicted molar refractivity (Wildman–Crippen MR) is 105 cm³/mol. The van der Waals surface area contributed by atoms with Gasteiger partial charge in [-0.05, 0) is 36.8 Å². The van der Waals surface area contributed by atoms with E-state index in [1.165, 1.54) is 0 Å². The molecule has 0 spiro atoms. The molecule has 0 fully saturated rings. The molecule has 0 unspecified atom stereocenters. The average molecular weight is 426 g/mol. The summed E-state index contributed by atoms with van der Waals surface area (Å²) in [5.74, 6) is 1.32. The number of carbonyl (C=O) groups excluding carboxylic acids is 1. The van der Waals surface area contributed by atoms with Crippen LogP contribution < -0.4 is 10.1 Å². The maximum atomic E-state index is 12.8. The lowest BCUT2D eigenvalue weighted by molar-refractivity contribution is 0.102. The SMILES string of the molecule is O=C1Nc2cccc(n2)-c2nncn2C/C=C\CCOc2ccc(Br)cc21. The summed E-state index contributed by atoms with van der Waals surface area (Å²) in [6, 6.07) is 10.8. The number of amides is 1. The number of nitrogens with one attached hydrogen (secondary N) is 1. The van der Waals surface area contributed by atoms with Crippen molar-refractivity contribution < 1.29 is 9.53 Å². The Bertz CT molecular complexity index is 1010. The number of rotatable bonds is 0. The van der Waals surface area contributed by atoms with Crippen LogP contribution in [0.4, 0.5) is 5.82 Å². The molecule has 0 saturated heterocycles. The van der Waals surface area contributed by atoms with Crippen LogP contribution in [0.1, 0.15) is 16.8 Å². The summed E-state index contributed by atoms with van der Waals surface area (Å²) in [4.78, 5) is 17.3. The number of fused-ring (bicyclic) bond motifs is 5. The van der Waals surface area contributed by atoms with Gasteiger partial charge in [0.2, 0.25) is 0 Å². The predicted octanol–water partition coefficient (Wildman–Crippen LogP) is 3.69. The highest BCUT2D eigenvalue weighted by Gasteiger charge is 2.16. The Morgan fingerprint density at radius 3 is 3.04 bits per heavy atom. The largest absolute Gasteiger partial charge is 0.492 e. The van der Waals surface area contributed by atoms with E-state index in [1.54, 1.807) is 24.5 Å². The Balaban J connectivity index is 1.75. The molecule has 1 aliphatic rings. The zero-order valence-corrected chi connectivity index (χ0v) is 15.9. The van der Waals surface area contributed by atoms with Gasteiger partial charge in [0, 0.05) is 11.0 Å². The van der Waals surface area contributed by atoms with E-state index in [9.17, 15) is 4.79 Å². The van der Waals surface area contributed by atoms with Crippen LogP contribution in [0.3, 0.4) is 0 Å². The monoisotopic (exact) mass is 425 g/mol. The fourth-order valence-electron chi connectivity index (χ4n) is 2.75. The number of allylic oxidation sites excluding steroid dienone is 1. The summed E-state index contributed by atoms with van der Waals surface area (Å²) in [5.41, 5.74) is 1.08. The number of nitrogens with zero attached hydrogens (tertiary/aromatic N) is 4. The number of hydrogen-bond donors (Lipinski definition) is 1. The van der Waals surface area contributed by atoms with E-state index >= 15 is 0 Å². The molecule has 1 N–H and O–H groups in total. The third-order valence-electron chi connectivity index (χ3n) is 4.03. The molecule has 8 heteroatoms. The summed E-state index contributed by atoms with van der Waals surface area (Å²) < 4.78 is 8.51. The Morgan fingerprint density at radius 2 is 2.11 bits per heavy atom. The minimum Gasteiger partial charge on any atom is -0.492 e. The standard InChI is InChI=1S/C19H16BrN5O2/c20-13-7-8-16-14(11-13)19(26)23-17-6-4-5-15(22-17)18-24-21-12-25(18)9-2-1-3-10-27-16/h1-2,4-8,11-12H,3,9-10H2,(H,22,23,26)/b2-1-. The van der Waals surface area contributed by atoms with Crippen LogP contribution in [0.25, 0.3) is 11.5 Å². The van der Waals surface area contributed by atoms with Crippen molar-refractivity contribution in [2.45, 2.75) is 13.0 Å². The number of ether oxygens (including phenoxy) is 1. The average Bonchev–Trinajstić information content (AvgIpc) is 3.13. The first kappa shape index (κ1) is 17.4. The van der Waals surface area contributed by atoms with E-state index in [1.807, 2.05) is 34.9 Å². The van der Waals surface area contributed by atoms with Gasteiger partial charge in [-0.25, -0.2) is 4.98 Å². The van der Waals surface area contributed by atoms with Crippen molar-refractivity contribution in [3.63, 3.8) is 0 Å². The van der Waals surface area contributed by atoms with Crippen LogP contribution in [0, 0.1) is 0 Å². The molecule has 7 nitrogen and oxygen atoms in total. The van der Waals surface area contributed by atoms with Gasteiger partial charge in [0.1, 0.15) is 23.6 Å². The topological polar surface area (TPSA) is 81.9 Å². The molecule has 136 valence electrons. The quantitative estimate of drug-likeness (QED) is 0.555. The summed E-state index contributed by atoms with van der Waals surface area (Å²) in [7, 11) is 0. The van der Waals surface area contributed by atoms with E-state index < -0.39 is 0 Å². The Kier molecular flexibility index (Phi) is 4.97. The van der Waals surface area contributed by atoms with Crippen LogP contribution in [0.2, 0.25) is 0 Å². The van der Waals surface area contributed by atoms with Crippen molar-refractivity contribution in [2.24, 2.45) is 0 Å². The smallest absolute Gasteiger partial charge is 0.260 e. The van der Waals surface area contributed by atoms with E-state index in [0.717, 1.165) is 10.9 Å². The summed E-state index contributed by atoms with van der Waals surface area (Å²) in [5, 5.41) is 11.0. The van der Waals surface area contributed by atoms with Crippen LogP contribution in [0.15, 0.2) is 59.4 Å². The van der Waals surface area contributed by atoms with Gasteiger partial charge in [-0.2, -0.15) is 0 Å². The van der Waals surface area contributed by atoms with Crippen molar-refractivity contribution in [3.05, 3.63) is 64.9 Å². The molecule has 1 amide bonds. The van der Waals surface area contributed by atoms with Crippen molar-refractivity contribution in [1.82, 2.24) is 19.7 Å². The molecule has 0 radical (unpaired) electrons. The number of benzene rings is 1. The van der Waals surface area contributed by atoms with Gasteiger partial charge in [-0.15, -0.1) is 10.2 Å². The minimum absolute atomic E-state index is 0.289. The number of aromatic nitrogens is 4. The Morgan fingerprint density at radius 1 is 1.19 bits per heavy atom. The highest BCUT2D eigenvalue weighted by Crippen LogP contribution is 2.25. The van der Waals surface area contributed by atoms with E-state index in [-0.39, 0.29) is 5.91 Å². The van der Waals surface area contributed by atoms with Gasteiger partial charge in [0.15, 0.2) is 5.82 Å². The molecule has 0 aliphatic carbocycles. The molecule has 0 atom stereocenters. The molecule has 2 bridgehead atoms. The van der Waals surface area contributed by atoms with E-state index in [2.05, 4.69) is 36.4 Å². The first-order valence-corrected chi connectivity index (χ1v) is 9.24. The molecule has 1 aromatic carbocycles. The van der Waals surface area contributed by atoms with Crippen LogP contribution in [0.5, 0.6) is 5.75 Å². The van der Waals surface area contributed by atoms with E-state index in [0.29, 0.717) is 41.8 Å². The molecule has 27 heavy (non-hydrogen) atoms. The van der Waals surface area contributed by atoms with Gasteiger partial charge >= 0.3 is 0 Å². The molecular formula is C19H16BrN5O2. The van der Waals surface area contributed by atoms with Crippen LogP contribution >= 0.6 is 15.9 Å². The first-order chi connectivity index (χ1) is 13.2. The van der Waals surface area contributed by atoms with Gasteiger partial charge in [-0.3, -0.25) is 4.79 Å². The number of pyridine rings is 1. The lowest BCUT2D eigenvalue weighted by Crippen LogP contribution is -2.15. The number of halogens is 1. The fourth-order valence-corrected chi connectivity index (χ4v) is 3.11. The molecule has 4 rings (SSSR count). The highest BCUT2D eigenvalue weighted by molar-refractivity contribution is 9.10. The van der Waals surface area contributed by atoms with Gasteiger partial charge in [0.25, 0.3) is 5.91 Å². The third-order valence-corrected chi connectivity index (χ3v) is 4.53. The normalized spacial score (nSPS) is 15.4. The maximum absolute atomic E-state index is 12.8. The summed E-state index contributed by atoms with van der Waals surface area (Å²) in [6.07, 6.45) is 6.45. The van der Waals surface area contributed by atoms with Crippen LogP contribution in [-0.4, -0.2) is 32.3 Å². The lowest BCUT2D eigenvalue weighted by atomic mass is 10.2. The molecular weight excluding hydrogens is 410 g/mol. The number of carbonyl (C=O) groups is 1. The van der Waals surface area contributed by atoms with Gasteiger partial charge in [0.05, 0.1) is 12.2 Å². The minimum atomic E-state index is -0.289. The van der Waals surface area contributed by atoms with Crippen molar-refractivity contribution in [3.8, 4) is 17.3 Å². The van der Waals surface area contributed by atoms with Gasteiger partial charge < -0.3 is 14.6 Å². The molecule has 2 aromatic heterocycles. The highest BCUT2D eigenvalue weighted by atomic mass is 79.9. The summed E-state index contributed by atoms with van der Waals surface area (Å²) >= 11 is 3.41. The van der Waals surface area contributed by atoms with Gasteiger partial charge in [-0.1, -0.05) is 34.1 Å². The zero-order valence-electron chi connectivity index (χ0n) is 14.3. The Labute approximate surface area is 164 Å². The molecule has 3 heterocycles. The first-order valence-electron chi connectivity index (χ1n) is 8.44. The third kappa shape index (κ3) is 3.90. The second-order valence-corrected chi connectivity index (χ2v) is 6.83. The number of hydrogen-bond acceptors (Lipinski definition) is 5. The Hall–Kier alpha value is -3.00. The van der Waals surface area contributed by atoms with Crippen molar-refractivity contribution in [1.29, 1.82) is 0 Å². The second kappa shape index (κ2) is 7.71. The van der Waals surface area contributed by atoms with Crippen LogP contribution in [-0.2, 0) is 6.54 Å². The van der Waals surface area contributed by atoms with Crippen molar-refractivity contribution >= 4 is 27.7 Å². The summed E-state index contributed by atoms with van der Waals surface area (Å²) in [6.45, 7) is 1.10. The molecule has 1 aliphatic heterocycles. The second-order valence-electron chi connectivity index (χ2n) is 5.92. The van der Waals surface area contributed by atoms with E-state index in [4.69, 9.17) is 4.74 Å². The zero-order chi connectivity index (χ0) is 18.6. The molecule has 0 saturated carbocycles.